The Kier molecular flexibility index (Phi) is 3.72. The number of carbonyl (C=O) groups is 1. The first kappa shape index (κ1) is 10.8. The van der Waals surface area contributed by atoms with Crippen LogP contribution in [0.15, 0.2) is 30.9 Å². The Balaban J connectivity index is 2.99. The lowest BCUT2D eigenvalue weighted by molar-refractivity contribution is 0.104. The quantitative estimate of drug-likeness (QED) is 0.564. The average molecular weight is 211 g/mol. The maximum atomic E-state index is 11.2. The molecule has 1 rings (SSSR count). The average Bonchev–Trinajstić information content (AvgIpc) is 2.20. The Bertz CT molecular complexity index is 358. The lowest BCUT2D eigenvalue weighted by Crippen LogP contribution is -1.96. The van der Waals surface area contributed by atoms with Crippen molar-refractivity contribution in [3.05, 3.63) is 41.4 Å². The Hall–Kier alpha value is -1.28. The van der Waals surface area contributed by atoms with Gasteiger partial charge in [-0.2, -0.15) is 0 Å². The minimum Gasteiger partial charge on any atom is -0.492 e. The largest absolute Gasteiger partial charge is 0.492 e. The first-order valence-electron chi connectivity index (χ1n) is 4.28. The van der Waals surface area contributed by atoms with E-state index in [9.17, 15) is 4.79 Å². The van der Waals surface area contributed by atoms with Crippen LogP contribution in [0, 0.1) is 0 Å². The second kappa shape index (κ2) is 4.82. The van der Waals surface area contributed by atoms with Crippen LogP contribution in [-0.2, 0) is 0 Å². The van der Waals surface area contributed by atoms with Crippen molar-refractivity contribution < 1.29 is 9.53 Å². The van der Waals surface area contributed by atoms with Crippen LogP contribution in [0.5, 0.6) is 5.75 Å². The van der Waals surface area contributed by atoms with Crippen molar-refractivity contribution in [1.82, 2.24) is 0 Å². The molecule has 0 saturated carbocycles. The Morgan fingerprint density at radius 1 is 1.64 bits per heavy atom. The normalized spacial score (nSPS) is 9.57. The van der Waals surface area contributed by atoms with Crippen molar-refractivity contribution in [2.45, 2.75) is 6.92 Å². The SMILES string of the molecule is C=CC(=O)c1ccc(OCC)c(Cl)c1. The molecule has 14 heavy (non-hydrogen) atoms. The van der Waals surface area contributed by atoms with Gasteiger partial charge >= 0.3 is 0 Å². The number of halogens is 1. The van der Waals surface area contributed by atoms with Gasteiger partial charge in [0.1, 0.15) is 5.75 Å². The number of rotatable bonds is 4. The summed E-state index contributed by atoms with van der Waals surface area (Å²) in [5, 5.41) is 0.444. The van der Waals surface area contributed by atoms with Gasteiger partial charge in [-0.25, -0.2) is 0 Å². The highest BCUT2D eigenvalue weighted by atomic mass is 35.5. The van der Waals surface area contributed by atoms with Gasteiger partial charge in [0.2, 0.25) is 0 Å². The van der Waals surface area contributed by atoms with Gasteiger partial charge in [-0.05, 0) is 31.2 Å². The van der Waals surface area contributed by atoms with Gasteiger partial charge in [0.25, 0.3) is 0 Å². The van der Waals surface area contributed by atoms with Crippen LogP contribution in [0.4, 0.5) is 0 Å². The van der Waals surface area contributed by atoms with Crippen molar-refractivity contribution in [2.24, 2.45) is 0 Å². The van der Waals surface area contributed by atoms with E-state index in [0.29, 0.717) is 22.9 Å². The molecular weight excluding hydrogens is 200 g/mol. The van der Waals surface area contributed by atoms with Crippen molar-refractivity contribution in [1.29, 1.82) is 0 Å². The van der Waals surface area contributed by atoms with E-state index < -0.39 is 0 Å². The van der Waals surface area contributed by atoms with Crippen LogP contribution in [-0.4, -0.2) is 12.4 Å². The van der Waals surface area contributed by atoms with E-state index in [-0.39, 0.29) is 5.78 Å². The zero-order chi connectivity index (χ0) is 10.6. The predicted octanol–water partition coefficient (Wildman–Crippen LogP) is 3.11. The summed E-state index contributed by atoms with van der Waals surface area (Å²) in [6, 6.07) is 4.93. The lowest BCUT2D eigenvalue weighted by Gasteiger charge is -2.05. The number of benzene rings is 1. The number of carbonyl (C=O) groups excluding carboxylic acids is 1. The molecule has 0 atom stereocenters. The molecule has 0 aliphatic carbocycles. The summed E-state index contributed by atoms with van der Waals surface area (Å²) in [5.41, 5.74) is 0.522. The zero-order valence-corrected chi connectivity index (χ0v) is 8.67. The van der Waals surface area contributed by atoms with Crippen LogP contribution < -0.4 is 4.74 Å². The molecular formula is C11H11ClO2. The number of hydrogen-bond donors (Lipinski definition) is 0. The van der Waals surface area contributed by atoms with E-state index >= 15 is 0 Å². The van der Waals surface area contributed by atoms with Crippen LogP contribution >= 0.6 is 11.6 Å². The molecule has 1 aromatic carbocycles. The summed E-state index contributed by atoms with van der Waals surface area (Å²) in [6.07, 6.45) is 1.26. The highest BCUT2D eigenvalue weighted by molar-refractivity contribution is 6.32. The molecule has 0 fully saturated rings. The molecule has 0 aliphatic heterocycles. The van der Waals surface area contributed by atoms with Gasteiger partial charge in [0.05, 0.1) is 11.6 Å². The Morgan fingerprint density at radius 2 is 2.36 bits per heavy atom. The molecule has 0 saturated heterocycles. The fourth-order valence-corrected chi connectivity index (χ4v) is 1.28. The topological polar surface area (TPSA) is 26.3 Å². The van der Waals surface area contributed by atoms with E-state index in [0.717, 1.165) is 0 Å². The van der Waals surface area contributed by atoms with E-state index in [1.54, 1.807) is 18.2 Å². The van der Waals surface area contributed by atoms with Gasteiger partial charge < -0.3 is 4.74 Å². The first-order chi connectivity index (χ1) is 6.69. The molecule has 0 bridgehead atoms. The summed E-state index contributed by atoms with van der Waals surface area (Å²) in [6.45, 7) is 5.83. The molecule has 3 heteroatoms. The molecule has 0 unspecified atom stereocenters. The molecule has 0 N–H and O–H groups in total. The molecule has 1 aromatic rings. The monoisotopic (exact) mass is 210 g/mol. The fourth-order valence-electron chi connectivity index (χ4n) is 1.04. The van der Waals surface area contributed by atoms with E-state index in [1.807, 2.05) is 6.92 Å². The van der Waals surface area contributed by atoms with E-state index in [2.05, 4.69) is 6.58 Å². The number of allylic oxidation sites excluding steroid dienone is 1. The third-order valence-corrected chi connectivity index (χ3v) is 2.00. The highest BCUT2D eigenvalue weighted by Crippen LogP contribution is 2.25. The lowest BCUT2D eigenvalue weighted by atomic mass is 10.1. The van der Waals surface area contributed by atoms with Crippen LogP contribution in [0.2, 0.25) is 5.02 Å². The minimum atomic E-state index is -0.144. The van der Waals surface area contributed by atoms with Crippen LogP contribution in [0.3, 0.4) is 0 Å². The molecule has 0 heterocycles. The van der Waals surface area contributed by atoms with Gasteiger partial charge in [-0.1, -0.05) is 18.2 Å². The maximum Gasteiger partial charge on any atom is 0.185 e. The summed E-state index contributed by atoms with van der Waals surface area (Å²) in [4.78, 5) is 11.2. The summed E-state index contributed by atoms with van der Waals surface area (Å²) >= 11 is 5.90. The smallest absolute Gasteiger partial charge is 0.185 e. The van der Waals surface area contributed by atoms with Crippen molar-refractivity contribution in [3.8, 4) is 5.75 Å². The molecule has 2 nitrogen and oxygen atoms in total. The van der Waals surface area contributed by atoms with E-state index in [1.165, 1.54) is 6.08 Å². The second-order valence-corrected chi connectivity index (χ2v) is 3.05. The number of ether oxygens (including phenoxy) is 1. The van der Waals surface area contributed by atoms with Crippen molar-refractivity contribution >= 4 is 17.4 Å². The summed E-state index contributed by atoms with van der Waals surface area (Å²) in [5.74, 6) is 0.449. The maximum absolute atomic E-state index is 11.2. The first-order valence-corrected chi connectivity index (χ1v) is 4.66. The van der Waals surface area contributed by atoms with Crippen LogP contribution in [0.1, 0.15) is 17.3 Å². The fraction of sp³-hybridized carbons (Fsp3) is 0.182. The minimum absolute atomic E-state index is 0.144. The Morgan fingerprint density at radius 3 is 2.86 bits per heavy atom. The third kappa shape index (κ3) is 2.36. The van der Waals surface area contributed by atoms with Gasteiger partial charge in [-0.3, -0.25) is 4.79 Å². The molecule has 0 aliphatic rings. The zero-order valence-electron chi connectivity index (χ0n) is 7.92. The molecule has 0 amide bonds. The number of ketones is 1. The van der Waals surface area contributed by atoms with Crippen LogP contribution in [0.25, 0.3) is 0 Å². The standard InChI is InChI=1S/C11H11ClO2/c1-3-10(13)8-5-6-11(14-4-2)9(12)7-8/h3,5-7H,1,4H2,2H3. The molecule has 0 radical (unpaired) electrons. The van der Waals surface area contributed by atoms with Gasteiger partial charge in [0.15, 0.2) is 5.78 Å². The van der Waals surface area contributed by atoms with E-state index in [4.69, 9.17) is 16.3 Å². The second-order valence-electron chi connectivity index (χ2n) is 2.65. The van der Waals surface area contributed by atoms with Crippen molar-refractivity contribution in [2.75, 3.05) is 6.61 Å². The highest BCUT2D eigenvalue weighted by Gasteiger charge is 2.05. The third-order valence-electron chi connectivity index (χ3n) is 1.70. The van der Waals surface area contributed by atoms with Crippen molar-refractivity contribution in [3.63, 3.8) is 0 Å². The molecule has 0 spiro atoms. The van der Waals surface area contributed by atoms with Gasteiger partial charge in [-0.15, -0.1) is 0 Å². The Labute approximate surface area is 88.1 Å². The molecule has 74 valence electrons. The van der Waals surface area contributed by atoms with Gasteiger partial charge in [0, 0.05) is 5.56 Å². The number of hydrogen-bond acceptors (Lipinski definition) is 2. The summed E-state index contributed by atoms with van der Waals surface area (Å²) in [7, 11) is 0. The molecule has 0 aromatic heterocycles. The summed E-state index contributed by atoms with van der Waals surface area (Å²) < 4.78 is 5.24. The predicted molar refractivity (Wildman–Crippen MR) is 57.1 cm³/mol.